The summed E-state index contributed by atoms with van der Waals surface area (Å²) in [6, 6.07) is 0.755. The fourth-order valence-corrected chi connectivity index (χ4v) is 0.493. The lowest BCUT2D eigenvalue weighted by Gasteiger charge is -2.25. The van der Waals surface area contributed by atoms with E-state index in [2.05, 4.69) is 10.6 Å². The average molecular weight is 88.2 g/mol. The molecule has 0 atom stereocenters. The third kappa shape index (κ3) is 0.533. The Labute approximate surface area is 39.4 Å². The lowest BCUT2D eigenvalue weighted by Crippen LogP contribution is -2.54. The van der Waals surface area contributed by atoms with Crippen molar-refractivity contribution in [3.05, 3.63) is 0 Å². The molecular weight excluding hydrogens is 76.1 g/mol. The fourth-order valence-electron chi connectivity index (χ4n) is 0.493. The lowest BCUT2D eigenvalue weighted by atomic mass is 10.2. The average Bonchev–Trinajstić information content (AvgIpc) is 1.31. The largest absolute Gasteiger partial charge is 0.315 e. The summed E-state index contributed by atoms with van der Waals surface area (Å²) in [6.07, 6.45) is 0. The summed E-state index contributed by atoms with van der Waals surface area (Å²) in [5.74, 6) is 0. The number of likely N-dealkylation sites (N-methyl/N-ethyl adjacent to an activating group) is 1. The van der Waals surface area contributed by atoms with Gasteiger partial charge in [-0.25, -0.2) is 0 Å². The minimum atomic E-state index is 0. The highest BCUT2D eigenvalue weighted by Crippen LogP contribution is 1.85. The second kappa shape index (κ2) is 1.58. The summed E-state index contributed by atoms with van der Waals surface area (Å²) in [7, 11) is 1.99. The first-order valence-corrected chi connectivity index (χ1v) is 2.31. The summed E-state index contributed by atoms with van der Waals surface area (Å²) >= 11 is 0. The molecule has 2 nitrogen and oxygen atoms in total. The van der Waals surface area contributed by atoms with E-state index >= 15 is 0 Å². The van der Waals surface area contributed by atoms with Crippen LogP contribution in [0.4, 0.5) is 0 Å². The van der Waals surface area contributed by atoms with Crippen LogP contribution in [-0.2, 0) is 0 Å². The number of hydrogen-bond donors (Lipinski definition) is 2. The number of nitrogens with one attached hydrogen (secondary N) is 2. The lowest BCUT2D eigenvalue weighted by molar-refractivity contribution is 0.390. The molecule has 0 unspecified atom stereocenters. The normalized spacial score (nSPS) is 23.5. The summed E-state index contributed by atoms with van der Waals surface area (Å²) in [5, 5.41) is 6.29. The molecule has 6 heavy (non-hydrogen) atoms. The monoisotopic (exact) mass is 88.1 g/mol. The van der Waals surface area contributed by atoms with Crippen LogP contribution in [0.1, 0.15) is 1.43 Å². The van der Waals surface area contributed by atoms with E-state index < -0.39 is 0 Å². The van der Waals surface area contributed by atoms with E-state index in [9.17, 15) is 0 Å². The Morgan fingerprint density at radius 3 is 2.50 bits per heavy atom. The van der Waals surface area contributed by atoms with Crippen molar-refractivity contribution < 1.29 is 1.43 Å². The van der Waals surface area contributed by atoms with Crippen LogP contribution in [0.15, 0.2) is 0 Å². The maximum absolute atomic E-state index is 3.15. The molecule has 0 aliphatic carbocycles. The van der Waals surface area contributed by atoms with Crippen LogP contribution in [0.3, 0.4) is 0 Å². The van der Waals surface area contributed by atoms with E-state index in [0.717, 1.165) is 19.1 Å². The first-order chi connectivity index (χ1) is 2.93. The predicted octanol–water partition coefficient (Wildman–Crippen LogP) is -0.576. The van der Waals surface area contributed by atoms with Gasteiger partial charge >= 0.3 is 0 Å². The Hall–Kier alpha value is -0.0800. The molecule has 1 aliphatic rings. The van der Waals surface area contributed by atoms with Gasteiger partial charge in [-0.15, -0.1) is 0 Å². The van der Waals surface area contributed by atoms with Crippen molar-refractivity contribution in [2.24, 2.45) is 0 Å². The van der Waals surface area contributed by atoms with Crippen molar-refractivity contribution in [3.63, 3.8) is 0 Å². The molecule has 0 spiro atoms. The Bertz CT molecular complexity index is 42.2. The number of rotatable bonds is 1. The molecule has 2 N–H and O–H groups in total. The molecular formula is C4H12N2. The summed E-state index contributed by atoms with van der Waals surface area (Å²) in [5.41, 5.74) is 0. The maximum Gasteiger partial charge on any atom is 0.0314 e. The Morgan fingerprint density at radius 2 is 2.50 bits per heavy atom. The highest BCUT2D eigenvalue weighted by atomic mass is 15.1. The second-order valence-corrected chi connectivity index (χ2v) is 1.64. The van der Waals surface area contributed by atoms with E-state index in [1.165, 1.54) is 0 Å². The third-order valence-electron chi connectivity index (χ3n) is 1.19. The van der Waals surface area contributed by atoms with Gasteiger partial charge in [-0.2, -0.15) is 0 Å². The Kier molecular flexibility index (Phi) is 1.08. The van der Waals surface area contributed by atoms with E-state index in [4.69, 9.17) is 0 Å². The van der Waals surface area contributed by atoms with Crippen LogP contribution in [-0.4, -0.2) is 26.2 Å². The minimum Gasteiger partial charge on any atom is -0.315 e. The molecule has 0 aromatic heterocycles. The van der Waals surface area contributed by atoms with Crippen LogP contribution in [0.5, 0.6) is 0 Å². The standard InChI is InChI=1S/C4H10N2.H2/c1-5-4-2-6-3-4;/h4-6H,2-3H2,1H3;1H. The maximum atomic E-state index is 3.15. The molecule has 0 amide bonds. The van der Waals surface area contributed by atoms with Crippen molar-refractivity contribution in [3.8, 4) is 0 Å². The fraction of sp³-hybridized carbons (Fsp3) is 1.00. The van der Waals surface area contributed by atoms with Crippen LogP contribution in [0.2, 0.25) is 0 Å². The van der Waals surface area contributed by atoms with Crippen molar-refractivity contribution in [1.29, 1.82) is 0 Å². The van der Waals surface area contributed by atoms with Gasteiger partial charge in [-0.1, -0.05) is 0 Å². The zero-order valence-electron chi connectivity index (χ0n) is 3.99. The van der Waals surface area contributed by atoms with Crippen molar-refractivity contribution in [2.75, 3.05) is 20.1 Å². The molecule has 0 saturated carbocycles. The van der Waals surface area contributed by atoms with Gasteiger partial charge in [-0.3, -0.25) is 0 Å². The summed E-state index contributed by atoms with van der Waals surface area (Å²) in [4.78, 5) is 0. The van der Waals surface area contributed by atoms with Gasteiger partial charge in [0.25, 0.3) is 0 Å². The van der Waals surface area contributed by atoms with Crippen LogP contribution < -0.4 is 10.6 Å². The van der Waals surface area contributed by atoms with Gasteiger partial charge in [0.05, 0.1) is 0 Å². The quantitative estimate of drug-likeness (QED) is 0.448. The van der Waals surface area contributed by atoms with E-state index in [1.807, 2.05) is 7.05 Å². The van der Waals surface area contributed by atoms with E-state index in [1.54, 1.807) is 0 Å². The summed E-state index contributed by atoms with van der Waals surface area (Å²) in [6.45, 7) is 2.30. The topological polar surface area (TPSA) is 24.1 Å². The molecule has 38 valence electrons. The molecule has 1 saturated heterocycles. The van der Waals surface area contributed by atoms with Gasteiger partial charge in [-0.05, 0) is 7.05 Å². The predicted molar refractivity (Wildman–Crippen MR) is 27.8 cm³/mol. The SMILES string of the molecule is CNC1CNC1.[HH]. The molecule has 1 aliphatic heterocycles. The first kappa shape index (κ1) is 4.09. The molecule has 1 fully saturated rings. The van der Waals surface area contributed by atoms with Gasteiger partial charge in [0.2, 0.25) is 0 Å². The van der Waals surface area contributed by atoms with E-state index in [-0.39, 0.29) is 1.43 Å². The zero-order valence-corrected chi connectivity index (χ0v) is 3.99. The Balaban J connectivity index is 0.000000360. The molecule has 0 bridgehead atoms. The zero-order chi connectivity index (χ0) is 4.41. The molecule has 0 aromatic rings. The second-order valence-electron chi connectivity index (χ2n) is 1.64. The van der Waals surface area contributed by atoms with Gasteiger partial charge in [0.15, 0.2) is 0 Å². The summed E-state index contributed by atoms with van der Waals surface area (Å²) < 4.78 is 0. The van der Waals surface area contributed by atoms with Gasteiger partial charge in [0, 0.05) is 20.6 Å². The van der Waals surface area contributed by atoms with Crippen LogP contribution in [0, 0.1) is 0 Å². The van der Waals surface area contributed by atoms with Crippen molar-refractivity contribution in [1.82, 2.24) is 10.6 Å². The molecule has 0 radical (unpaired) electrons. The van der Waals surface area contributed by atoms with Crippen molar-refractivity contribution in [2.45, 2.75) is 6.04 Å². The number of hydrogen-bond acceptors (Lipinski definition) is 2. The minimum absolute atomic E-state index is 0. The van der Waals surface area contributed by atoms with Gasteiger partial charge in [0.1, 0.15) is 0 Å². The van der Waals surface area contributed by atoms with Crippen LogP contribution in [0.25, 0.3) is 0 Å². The highest BCUT2D eigenvalue weighted by molar-refractivity contribution is 4.79. The first-order valence-electron chi connectivity index (χ1n) is 2.31. The van der Waals surface area contributed by atoms with E-state index in [0.29, 0.717) is 0 Å². The Morgan fingerprint density at radius 1 is 1.83 bits per heavy atom. The molecule has 2 heteroatoms. The molecule has 1 heterocycles. The van der Waals surface area contributed by atoms with Gasteiger partial charge < -0.3 is 10.6 Å². The van der Waals surface area contributed by atoms with Crippen molar-refractivity contribution >= 4 is 0 Å². The highest BCUT2D eigenvalue weighted by Gasteiger charge is 2.11. The smallest absolute Gasteiger partial charge is 0.0314 e. The molecule has 0 aromatic carbocycles. The molecule has 1 rings (SSSR count). The third-order valence-corrected chi connectivity index (χ3v) is 1.19. The van der Waals surface area contributed by atoms with Crippen LogP contribution >= 0.6 is 0 Å².